The van der Waals surface area contributed by atoms with Gasteiger partial charge in [0.05, 0.1) is 25.3 Å². The Morgan fingerprint density at radius 2 is 2.00 bits per heavy atom. The van der Waals surface area contributed by atoms with E-state index in [0.29, 0.717) is 22.6 Å². The van der Waals surface area contributed by atoms with E-state index in [2.05, 4.69) is 4.98 Å². The molecule has 21 heavy (non-hydrogen) atoms. The van der Waals surface area contributed by atoms with E-state index in [1.54, 1.807) is 25.6 Å². The van der Waals surface area contributed by atoms with Crippen LogP contribution in [-0.2, 0) is 0 Å². The molecule has 1 aromatic carbocycles. The third kappa shape index (κ3) is 2.19. The fourth-order valence-electron chi connectivity index (χ4n) is 2.55. The smallest absolute Gasteiger partial charge is 0.257 e. The zero-order valence-corrected chi connectivity index (χ0v) is 12.8. The van der Waals surface area contributed by atoms with E-state index < -0.39 is 0 Å². The fourth-order valence-corrected chi connectivity index (χ4v) is 3.38. The number of fused-ring (bicyclic) bond motifs is 1. The second-order valence-electron chi connectivity index (χ2n) is 4.68. The fraction of sp³-hybridized carbons (Fsp3) is 0.188. The maximum absolute atomic E-state index is 12.4. The lowest BCUT2D eigenvalue weighted by Gasteiger charge is -2.13. The number of pyridine rings is 1. The van der Waals surface area contributed by atoms with Crippen molar-refractivity contribution in [1.29, 1.82) is 0 Å². The molecule has 0 unspecified atom stereocenters. The molecule has 0 fully saturated rings. The van der Waals surface area contributed by atoms with Crippen molar-refractivity contribution in [3.63, 3.8) is 0 Å². The molecule has 0 aliphatic heterocycles. The maximum Gasteiger partial charge on any atom is 0.257 e. The van der Waals surface area contributed by atoms with E-state index in [0.717, 1.165) is 15.8 Å². The van der Waals surface area contributed by atoms with Crippen molar-refractivity contribution in [1.82, 2.24) is 4.98 Å². The zero-order chi connectivity index (χ0) is 15.0. The number of ether oxygens (including phenoxy) is 2. The number of H-pyrrole nitrogens is 1. The first kappa shape index (κ1) is 13.7. The van der Waals surface area contributed by atoms with Gasteiger partial charge < -0.3 is 14.5 Å². The average molecular weight is 301 g/mol. The Kier molecular flexibility index (Phi) is 3.43. The predicted molar refractivity (Wildman–Crippen MR) is 85.7 cm³/mol. The van der Waals surface area contributed by atoms with Crippen molar-refractivity contribution >= 4 is 22.2 Å². The number of hydrogen-bond acceptors (Lipinski definition) is 4. The number of aryl methyl sites for hydroxylation is 1. The summed E-state index contributed by atoms with van der Waals surface area (Å²) >= 11 is 1.55. The summed E-state index contributed by atoms with van der Waals surface area (Å²) in [7, 11) is 3.20. The molecule has 3 aromatic rings. The van der Waals surface area contributed by atoms with E-state index in [1.165, 1.54) is 0 Å². The highest BCUT2D eigenvalue weighted by Crippen LogP contribution is 2.35. The number of aromatic amines is 1. The zero-order valence-electron chi connectivity index (χ0n) is 12.0. The summed E-state index contributed by atoms with van der Waals surface area (Å²) in [5.74, 6) is 1.34. The number of thiophene rings is 1. The minimum atomic E-state index is -0.0993. The second kappa shape index (κ2) is 5.26. The Morgan fingerprint density at radius 1 is 1.19 bits per heavy atom. The first-order chi connectivity index (χ1) is 10.2. The summed E-state index contributed by atoms with van der Waals surface area (Å²) in [5, 5.41) is 2.87. The van der Waals surface area contributed by atoms with Gasteiger partial charge in [0.1, 0.15) is 11.5 Å². The standard InChI is InChI=1S/C16H15NO3S/c1-9-14-11(7-10(19-2)8-12(14)20-3)17-16(18)15(9)13-5-4-6-21-13/h4-8H,1-3H3,(H,17,18). The van der Waals surface area contributed by atoms with Gasteiger partial charge in [0, 0.05) is 22.4 Å². The summed E-state index contributed by atoms with van der Waals surface area (Å²) in [6.45, 7) is 1.95. The van der Waals surface area contributed by atoms with E-state index >= 15 is 0 Å². The van der Waals surface area contributed by atoms with Gasteiger partial charge in [-0.05, 0) is 23.9 Å². The lowest BCUT2D eigenvalue weighted by molar-refractivity contribution is 0.397. The van der Waals surface area contributed by atoms with Gasteiger partial charge in [-0.15, -0.1) is 11.3 Å². The quantitative estimate of drug-likeness (QED) is 0.804. The van der Waals surface area contributed by atoms with E-state index in [-0.39, 0.29) is 5.56 Å². The Labute approximate surface area is 126 Å². The van der Waals surface area contributed by atoms with Crippen LogP contribution in [0.3, 0.4) is 0 Å². The minimum Gasteiger partial charge on any atom is -0.497 e. The maximum atomic E-state index is 12.4. The van der Waals surface area contributed by atoms with Crippen LogP contribution in [0.2, 0.25) is 0 Å². The molecule has 0 saturated carbocycles. The van der Waals surface area contributed by atoms with Crippen molar-refractivity contribution in [3.8, 4) is 21.9 Å². The van der Waals surface area contributed by atoms with Crippen LogP contribution in [0.5, 0.6) is 11.5 Å². The molecule has 5 heteroatoms. The third-order valence-electron chi connectivity index (χ3n) is 3.52. The van der Waals surface area contributed by atoms with Crippen LogP contribution >= 0.6 is 11.3 Å². The molecule has 2 heterocycles. The summed E-state index contributed by atoms with van der Waals surface area (Å²) in [4.78, 5) is 16.3. The van der Waals surface area contributed by atoms with Crippen LogP contribution in [-0.4, -0.2) is 19.2 Å². The van der Waals surface area contributed by atoms with Crippen molar-refractivity contribution in [2.24, 2.45) is 0 Å². The van der Waals surface area contributed by atoms with Gasteiger partial charge in [-0.1, -0.05) is 6.07 Å². The first-order valence-electron chi connectivity index (χ1n) is 6.48. The molecule has 0 atom stereocenters. The summed E-state index contributed by atoms with van der Waals surface area (Å²) in [6.07, 6.45) is 0. The van der Waals surface area contributed by atoms with Gasteiger partial charge in [-0.2, -0.15) is 0 Å². The SMILES string of the molecule is COc1cc(OC)c2c(C)c(-c3cccs3)c(=O)[nH]c2c1. The van der Waals surface area contributed by atoms with Gasteiger partial charge in [-0.3, -0.25) is 4.79 Å². The van der Waals surface area contributed by atoms with Crippen molar-refractivity contribution in [2.75, 3.05) is 14.2 Å². The summed E-state index contributed by atoms with van der Waals surface area (Å²) in [5.41, 5.74) is 2.23. The largest absolute Gasteiger partial charge is 0.497 e. The van der Waals surface area contributed by atoms with Crippen LogP contribution in [0.25, 0.3) is 21.3 Å². The number of nitrogens with one attached hydrogen (secondary N) is 1. The molecule has 108 valence electrons. The third-order valence-corrected chi connectivity index (χ3v) is 4.41. The molecule has 0 aliphatic carbocycles. The van der Waals surface area contributed by atoms with Crippen molar-refractivity contribution in [3.05, 3.63) is 45.6 Å². The monoisotopic (exact) mass is 301 g/mol. The molecular formula is C16H15NO3S. The number of benzene rings is 1. The molecule has 0 saturated heterocycles. The van der Waals surface area contributed by atoms with Crippen LogP contribution in [0.4, 0.5) is 0 Å². The molecule has 0 radical (unpaired) electrons. The van der Waals surface area contributed by atoms with E-state index in [4.69, 9.17) is 9.47 Å². The Hall–Kier alpha value is -2.27. The highest BCUT2D eigenvalue weighted by atomic mass is 32.1. The van der Waals surface area contributed by atoms with Crippen LogP contribution in [0.15, 0.2) is 34.4 Å². The van der Waals surface area contributed by atoms with E-state index in [1.807, 2.05) is 36.6 Å². The molecule has 2 aromatic heterocycles. The molecule has 0 spiro atoms. The highest BCUT2D eigenvalue weighted by Gasteiger charge is 2.16. The molecule has 4 nitrogen and oxygen atoms in total. The molecular weight excluding hydrogens is 286 g/mol. The van der Waals surface area contributed by atoms with Crippen LogP contribution < -0.4 is 15.0 Å². The number of hydrogen-bond donors (Lipinski definition) is 1. The topological polar surface area (TPSA) is 51.3 Å². The lowest BCUT2D eigenvalue weighted by atomic mass is 10.0. The average Bonchev–Trinajstić information content (AvgIpc) is 2.99. The molecule has 3 rings (SSSR count). The first-order valence-corrected chi connectivity index (χ1v) is 7.36. The van der Waals surface area contributed by atoms with Gasteiger partial charge in [-0.25, -0.2) is 0 Å². The second-order valence-corrected chi connectivity index (χ2v) is 5.63. The van der Waals surface area contributed by atoms with E-state index in [9.17, 15) is 4.79 Å². The highest BCUT2D eigenvalue weighted by molar-refractivity contribution is 7.13. The molecule has 0 amide bonds. The number of aromatic nitrogens is 1. The summed E-state index contributed by atoms with van der Waals surface area (Å²) in [6, 6.07) is 7.52. The van der Waals surface area contributed by atoms with Crippen LogP contribution in [0.1, 0.15) is 5.56 Å². The van der Waals surface area contributed by atoms with Crippen LogP contribution in [0, 0.1) is 6.92 Å². The number of rotatable bonds is 3. The Morgan fingerprint density at radius 3 is 2.62 bits per heavy atom. The van der Waals surface area contributed by atoms with Gasteiger partial charge in [0.25, 0.3) is 5.56 Å². The Bertz CT molecular complexity index is 850. The van der Waals surface area contributed by atoms with Gasteiger partial charge >= 0.3 is 0 Å². The predicted octanol–water partition coefficient (Wildman–Crippen LogP) is 3.58. The van der Waals surface area contributed by atoms with Crippen molar-refractivity contribution in [2.45, 2.75) is 6.92 Å². The lowest BCUT2D eigenvalue weighted by Crippen LogP contribution is -2.11. The minimum absolute atomic E-state index is 0.0993. The van der Waals surface area contributed by atoms with Gasteiger partial charge in [0.2, 0.25) is 0 Å². The Balaban J connectivity index is 2.42. The number of methoxy groups -OCH3 is 2. The van der Waals surface area contributed by atoms with Gasteiger partial charge in [0.15, 0.2) is 0 Å². The molecule has 0 bridgehead atoms. The summed E-state index contributed by atoms with van der Waals surface area (Å²) < 4.78 is 10.7. The molecule has 0 aliphatic rings. The van der Waals surface area contributed by atoms with Crippen molar-refractivity contribution < 1.29 is 9.47 Å². The molecule has 1 N–H and O–H groups in total. The normalized spacial score (nSPS) is 10.8.